The Balaban J connectivity index is 1.23. The molecule has 1 aliphatic heterocycles. The van der Waals surface area contributed by atoms with Crippen molar-refractivity contribution >= 4 is 11.3 Å². The summed E-state index contributed by atoms with van der Waals surface area (Å²) in [6, 6.07) is 14.6. The summed E-state index contributed by atoms with van der Waals surface area (Å²) in [6.07, 6.45) is 11.8. The lowest BCUT2D eigenvalue weighted by atomic mass is 9.88. The molecule has 0 radical (unpaired) electrons. The van der Waals surface area contributed by atoms with Gasteiger partial charge in [-0.1, -0.05) is 43.5 Å². The van der Waals surface area contributed by atoms with Crippen molar-refractivity contribution < 1.29 is 0 Å². The lowest BCUT2D eigenvalue weighted by Gasteiger charge is -2.29. The zero-order valence-corrected chi connectivity index (χ0v) is 19.7. The van der Waals surface area contributed by atoms with Gasteiger partial charge in [-0.25, -0.2) is 14.6 Å². The molecule has 5 nitrogen and oxygen atoms in total. The van der Waals surface area contributed by atoms with Crippen LogP contribution in [0.2, 0.25) is 0 Å². The average Bonchev–Trinajstić information content (AvgIpc) is 3.55. The Morgan fingerprint density at radius 3 is 2.70 bits per heavy atom. The molecule has 0 spiro atoms. The minimum Gasteiger partial charge on any atom is -0.294 e. The predicted molar refractivity (Wildman–Crippen MR) is 133 cm³/mol. The van der Waals surface area contributed by atoms with E-state index in [9.17, 15) is 0 Å². The first-order valence-electron chi connectivity index (χ1n) is 12.1. The Bertz CT molecular complexity index is 1210. The number of benzene rings is 1. The van der Waals surface area contributed by atoms with Gasteiger partial charge in [0, 0.05) is 61.2 Å². The molecule has 1 aliphatic carbocycles. The lowest BCUT2D eigenvalue weighted by Crippen LogP contribution is -2.31. The highest BCUT2D eigenvalue weighted by atomic mass is 32.1. The highest BCUT2D eigenvalue weighted by Crippen LogP contribution is 2.32. The summed E-state index contributed by atoms with van der Waals surface area (Å²) in [5, 5.41) is 7.10. The first kappa shape index (κ1) is 20.8. The molecule has 0 amide bonds. The molecule has 0 N–H and O–H groups in total. The van der Waals surface area contributed by atoms with E-state index in [2.05, 4.69) is 59.1 Å². The fourth-order valence-corrected chi connectivity index (χ4v) is 5.93. The minimum atomic E-state index is 0.569. The minimum absolute atomic E-state index is 0.569. The van der Waals surface area contributed by atoms with Crippen LogP contribution in [0.1, 0.15) is 60.7 Å². The first-order valence-corrected chi connectivity index (χ1v) is 13.0. The van der Waals surface area contributed by atoms with Crippen molar-refractivity contribution in [2.75, 3.05) is 6.54 Å². The van der Waals surface area contributed by atoms with Crippen LogP contribution in [0.15, 0.2) is 60.2 Å². The van der Waals surface area contributed by atoms with E-state index in [0.29, 0.717) is 5.92 Å². The largest absolute Gasteiger partial charge is 0.294 e. The zero-order valence-electron chi connectivity index (χ0n) is 18.9. The predicted octanol–water partition coefficient (Wildman–Crippen LogP) is 6.00. The van der Waals surface area contributed by atoms with E-state index >= 15 is 0 Å². The van der Waals surface area contributed by atoms with Crippen LogP contribution in [0.4, 0.5) is 0 Å². The van der Waals surface area contributed by atoms with Gasteiger partial charge in [-0.3, -0.25) is 4.90 Å². The average molecular weight is 456 g/mol. The molecule has 1 fully saturated rings. The molecule has 6 heteroatoms. The third-order valence-electron chi connectivity index (χ3n) is 6.96. The highest BCUT2D eigenvalue weighted by Gasteiger charge is 2.24. The maximum Gasteiger partial charge on any atom is 0.131 e. The van der Waals surface area contributed by atoms with Crippen LogP contribution in [-0.4, -0.2) is 31.2 Å². The van der Waals surface area contributed by atoms with Crippen LogP contribution in [0.25, 0.3) is 16.3 Å². The summed E-state index contributed by atoms with van der Waals surface area (Å²) >= 11 is 1.75. The van der Waals surface area contributed by atoms with Gasteiger partial charge >= 0.3 is 0 Å². The highest BCUT2D eigenvalue weighted by molar-refractivity contribution is 7.13. The van der Waals surface area contributed by atoms with Crippen LogP contribution in [0, 0.1) is 0 Å². The third-order valence-corrected chi connectivity index (χ3v) is 7.84. The van der Waals surface area contributed by atoms with E-state index in [4.69, 9.17) is 15.1 Å². The van der Waals surface area contributed by atoms with Gasteiger partial charge in [-0.05, 0) is 36.4 Å². The Morgan fingerprint density at radius 1 is 1.00 bits per heavy atom. The monoisotopic (exact) mass is 455 g/mol. The van der Waals surface area contributed by atoms with E-state index in [1.54, 1.807) is 11.3 Å². The SMILES string of the molecule is c1ccc(-n2cc(CN3CCc4nc(C5CCCCC5)ncc4C3)c(-c3cccs3)n2)cc1. The van der Waals surface area contributed by atoms with Gasteiger partial charge in [-0.2, -0.15) is 5.10 Å². The summed E-state index contributed by atoms with van der Waals surface area (Å²) in [5.74, 6) is 1.66. The standard InChI is InChI=1S/C27H29N5S/c1-3-8-20(9-4-1)27-28-16-21-17-31(14-13-24(21)29-27)18-22-19-32(23-10-5-2-6-11-23)30-26(22)25-12-7-15-33-25/h2,5-7,10-12,15-16,19-20H,1,3-4,8-9,13-14,17-18H2. The molecule has 168 valence electrons. The second-order valence-electron chi connectivity index (χ2n) is 9.26. The number of fused-ring (bicyclic) bond motifs is 1. The fourth-order valence-electron chi connectivity index (χ4n) is 5.18. The second-order valence-corrected chi connectivity index (χ2v) is 10.2. The number of aromatic nitrogens is 4. The van der Waals surface area contributed by atoms with Gasteiger partial charge in [0.05, 0.1) is 10.6 Å². The summed E-state index contributed by atoms with van der Waals surface area (Å²) in [7, 11) is 0. The molecule has 4 aromatic rings. The first-order chi connectivity index (χ1) is 16.3. The molecule has 6 rings (SSSR count). The van der Waals surface area contributed by atoms with Crippen molar-refractivity contribution in [1.82, 2.24) is 24.6 Å². The molecule has 2 aliphatic rings. The van der Waals surface area contributed by atoms with Gasteiger partial charge in [0.1, 0.15) is 11.5 Å². The molecule has 0 saturated heterocycles. The van der Waals surface area contributed by atoms with Gasteiger partial charge in [-0.15, -0.1) is 11.3 Å². The molecule has 1 aromatic carbocycles. The number of para-hydroxylation sites is 1. The summed E-state index contributed by atoms with van der Waals surface area (Å²) in [6.45, 7) is 2.80. The number of hydrogen-bond acceptors (Lipinski definition) is 5. The Morgan fingerprint density at radius 2 is 1.88 bits per heavy atom. The maximum absolute atomic E-state index is 5.03. The Labute approximate surface area is 199 Å². The summed E-state index contributed by atoms with van der Waals surface area (Å²) in [4.78, 5) is 13.6. The van der Waals surface area contributed by atoms with Crippen molar-refractivity contribution in [2.24, 2.45) is 0 Å². The van der Waals surface area contributed by atoms with Crippen molar-refractivity contribution in [3.63, 3.8) is 0 Å². The third kappa shape index (κ3) is 4.37. The zero-order chi connectivity index (χ0) is 22.0. The topological polar surface area (TPSA) is 46.8 Å². The van der Waals surface area contributed by atoms with Crippen LogP contribution in [0.3, 0.4) is 0 Å². The van der Waals surface area contributed by atoms with Gasteiger partial charge in [0.2, 0.25) is 0 Å². The van der Waals surface area contributed by atoms with Gasteiger partial charge < -0.3 is 0 Å². The van der Waals surface area contributed by atoms with Gasteiger partial charge in [0.15, 0.2) is 0 Å². The van der Waals surface area contributed by atoms with Crippen molar-refractivity contribution in [3.8, 4) is 16.3 Å². The molecule has 33 heavy (non-hydrogen) atoms. The van der Waals surface area contributed by atoms with Crippen LogP contribution < -0.4 is 0 Å². The molecular weight excluding hydrogens is 426 g/mol. The van der Waals surface area contributed by atoms with Gasteiger partial charge in [0.25, 0.3) is 0 Å². The molecule has 0 bridgehead atoms. The normalized spacial score (nSPS) is 17.2. The Hall–Kier alpha value is -2.83. The molecular formula is C27H29N5S. The van der Waals surface area contributed by atoms with E-state index in [-0.39, 0.29) is 0 Å². The fraction of sp³-hybridized carbons (Fsp3) is 0.370. The Kier molecular flexibility index (Phi) is 5.78. The summed E-state index contributed by atoms with van der Waals surface area (Å²) in [5.41, 5.74) is 6.00. The van der Waals surface area contributed by atoms with E-state index in [1.165, 1.54) is 53.8 Å². The lowest BCUT2D eigenvalue weighted by molar-refractivity contribution is 0.242. The van der Waals surface area contributed by atoms with E-state index in [1.807, 2.05) is 10.7 Å². The number of hydrogen-bond donors (Lipinski definition) is 0. The van der Waals surface area contributed by atoms with Crippen LogP contribution >= 0.6 is 11.3 Å². The quantitative estimate of drug-likeness (QED) is 0.370. The van der Waals surface area contributed by atoms with Crippen molar-refractivity contribution in [3.05, 3.63) is 82.9 Å². The molecule has 4 heterocycles. The molecule has 0 atom stereocenters. The smallest absolute Gasteiger partial charge is 0.131 e. The van der Waals surface area contributed by atoms with Crippen molar-refractivity contribution in [2.45, 2.75) is 57.5 Å². The maximum atomic E-state index is 5.03. The van der Waals surface area contributed by atoms with Crippen LogP contribution in [-0.2, 0) is 19.5 Å². The van der Waals surface area contributed by atoms with Crippen molar-refractivity contribution in [1.29, 1.82) is 0 Å². The number of thiophene rings is 1. The molecule has 1 saturated carbocycles. The molecule has 0 unspecified atom stereocenters. The number of nitrogens with zero attached hydrogens (tertiary/aromatic N) is 5. The second kappa shape index (κ2) is 9.20. The summed E-state index contributed by atoms with van der Waals surface area (Å²) < 4.78 is 2.02. The van der Waals surface area contributed by atoms with Crippen LogP contribution in [0.5, 0.6) is 0 Å². The van der Waals surface area contributed by atoms with E-state index < -0.39 is 0 Å². The van der Waals surface area contributed by atoms with E-state index in [0.717, 1.165) is 43.3 Å². The number of rotatable bonds is 5. The molecule has 3 aromatic heterocycles.